The molecule has 1 aromatic heterocycles. The summed E-state index contributed by atoms with van der Waals surface area (Å²) in [6.07, 6.45) is 5.02. The maximum atomic E-state index is 12.4. The van der Waals surface area contributed by atoms with Crippen LogP contribution < -0.4 is 4.72 Å². The van der Waals surface area contributed by atoms with Crippen LogP contribution in [0.5, 0.6) is 0 Å². The van der Waals surface area contributed by atoms with Crippen molar-refractivity contribution in [2.75, 3.05) is 19.6 Å². The Labute approximate surface area is 132 Å². The summed E-state index contributed by atoms with van der Waals surface area (Å²) in [5.74, 6) is 0.118. The van der Waals surface area contributed by atoms with Crippen LogP contribution in [0.25, 0.3) is 0 Å². The molecule has 1 aliphatic rings. The highest BCUT2D eigenvalue weighted by molar-refractivity contribution is 7.90. The molecule has 0 spiro atoms. The van der Waals surface area contributed by atoms with E-state index in [4.69, 9.17) is 0 Å². The molecule has 2 heterocycles. The number of pyridine rings is 1. The zero-order valence-electron chi connectivity index (χ0n) is 13.0. The van der Waals surface area contributed by atoms with Crippen molar-refractivity contribution in [2.45, 2.75) is 31.9 Å². The number of amides is 1. The molecule has 1 aromatic rings. The molecule has 0 unspecified atom stereocenters. The number of nitrogens with one attached hydrogen (secondary N) is 1. The van der Waals surface area contributed by atoms with Gasteiger partial charge in [0, 0.05) is 32.0 Å². The molecule has 2 rings (SSSR count). The molecule has 1 atom stereocenters. The summed E-state index contributed by atoms with van der Waals surface area (Å²) in [4.78, 5) is 18.2. The van der Waals surface area contributed by atoms with Gasteiger partial charge in [-0.05, 0) is 44.7 Å². The molecule has 0 bridgehead atoms. The van der Waals surface area contributed by atoms with Gasteiger partial charge < -0.3 is 4.90 Å². The van der Waals surface area contributed by atoms with Crippen molar-refractivity contribution in [3.63, 3.8) is 0 Å². The van der Waals surface area contributed by atoms with Crippen molar-refractivity contribution in [3.8, 4) is 0 Å². The summed E-state index contributed by atoms with van der Waals surface area (Å²) in [7, 11) is -3.25. The average molecular weight is 325 g/mol. The molecule has 0 saturated carbocycles. The minimum absolute atomic E-state index is 0.0375. The summed E-state index contributed by atoms with van der Waals surface area (Å²) < 4.78 is 26.3. The maximum absolute atomic E-state index is 12.4. The van der Waals surface area contributed by atoms with Crippen molar-refractivity contribution in [1.82, 2.24) is 14.6 Å². The fourth-order valence-corrected chi connectivity index (χ4v) is 3.29. The molecular formula is C15H23N3O3S. The van der Waals surface area contributed by atoms with Gasteiger partial charge in [-0.1, -0.05) is 0 Å². The van der Waals surface area contributed by atoms with Gasteiger partial charge in [0.1, 0.15) is 0 Å². The standard InChI is InChI=1S/C15H23N3O3S/c1-12(2)22(20,21)17-9-13-5-4-8-18(11-13)15(19)14-6-3-7-16-10-14/h3,6-7,10,12-13,17H,4-5,8-9,11H2,1-2H3/t13-/m1/s1. The Kier molecular flexibility index (Phi) is 5.52. The number of piperidine rings is 1. The van der Waals surface area contributed by atoms with Crippen molar-refractivity contribution in [1.29, 1.82) is 0 Å². The Morgan fingerprint density at radius 1 is 1.50 bits per heavy atom. The van der Waals surface area contributed by atoms with Gasteiger partial charge in [-0.15, -0.1) is 0 Å². The molecular weight excluding hydrogens is 302 g/mol. The first-order valence-electron chi connectivity index (χ1n) is 7.58. The largest absolute Gasteiger partial charge is 0.338 e. The van der Waals surface area contributed by atoms with E-state index in [1.807, 2.05) is 0 Å². The monoisotopic (exact) mass is 325 g/mol. The fraction of sp³-hybridized carbons (Fsp3) is 0.600. The summed E-state index contributed by atoms with van der Waals surface area (Å²) in [6, 6.07) is 3.49. The van der Waals surface area contributed by atoms with Crippen LogP contribution in [0.2, 0.25) is 0 Å². The Balaban J connectivity index is 1.93. The minimum atomic E-state index is -3.25. The van der Waals surface area contributed by atoms with Crippen LogP contribution in [0.3, 0.4) is 0 Å². The third kappa shape index (κ3) is 4.27. The Morgan fingerprint density at radius 2 is 2.27 bits per heavy atom. The van der Waals surface area contributed by atoms with E-state index >= 15 is 0 Å². The van der Waals surface area contributed by atoms with Gasteiger partial charge >= 0.3 is 0 Å². The van der Waals surface area contributed by atoms with Gasteiger partial charge in [0.25, 0.3) is 5.91 Å². The van der Waals surface area contributed by atoms with Crippen LogP contribution >= 0.6 is 0 Å². The number of carbonyl (C=O) groups excluding carboxylic acids is 1. The summed E-state index contributed by atoms with van der Waals surface area (Å²) in [6.45, 7) is 4.98. The molecule has 6 nitrogen and oxygen atoms in total. The number of aromatic nitrogens is 1. The summed E-state index contributed by atoms with van der Waals surface area (Å²) in [5, 5.41) is -0.441. The molecule has 7 heteroatoms. The van der Waals surface area contributed by atoms with Crippen molar-refractivity contribution >= 4 is 15.9 Å². The first-order valence-corrected chi connectivity index (χ1v) is 9.12. The Hall–Kier alpha value is -1.47. The number of carbonyl (C=O) groups is 1. The average Bonchev–Trinajstić information content (AvgIpc) is 2.53. The van der Waals surface area contributed by atoms with Crippen LogP contribution in [0.15, 0.2) is 24.5 Å². The summed E-state index contributed by atoms with van der Waals surface area (Å²) >= 11 is 0. The Bertz CT molecular complexity index is 602. The molecule has 0 aromatic carbocycles. The normalized spacial score (nSPS) is 19.4. The third-order valence-corrected chi connectivity index (χ3v) is 5.72. The van der Waals surface area contributed by atoms with E-state index in [1.54, 1.807) is 43.3 Å². The zero-order chi connectivity index (χ0) is 16.2. The quantitative estimate of drug-likeness (QED) is 0.884. The van der Waals surface area contributed by atoms with Gasteiger partial charge in [0.05, 0.1) is 10.8 Å². The van der Waals surface area contributed by atoms with Gasteiger partial charge in [0.2, 0.25) is 10.0 Å². The zero-order valence-corrected chi connectivity index (χ0v) is 13.8. The molecule has 1 fully saturated rings. The number of likely N-dealkylation sites (tertiary alicyclic amines) is 1. The summed E-state index contributed by atoms with van der Waals surface area (Å²) in [5.41, 5.74) is 0.575. The molecule has 0 aliphatic carbocycles. The second-order valence-electron chi connectivity index (χ2n) is 5.94. The number of rotatable bonds is 5. The molecule has 1 aliphatic heterocycles. The number of nitrogens with zero attached hydrogens (tertiary/aromatic N) is 2. The first-order chi connectivity index (χ1) is 10.4. The van der Waals surface area contributed by atoms with Crippen molar-refractivity contribution in [3.05, 3.63) is 30.1 Å². The van der Waals surface area contributed by atoms with Gasteiger partial charge in [-0.25, -0.2) is 13.1 Å². The lowest BCUT2D eigenvalue weighted by atomic mass is 9.98. The van der Waals surface area contributed by atoms with Gasteiger partial charge in [-0.2, -0.15) is 0 Å². The first kappa shape index (κ1) is 16.9. The van der Waals surface area contributed by atoms with Crippen LogP contribution in [0.4, 0.5) is 0 Å². The van der Waals surface area contributed by atoms with Crippen LogP contribution in [-0.4, -0.2) is 49.1 Å². The van der Waals surface area contributed by atoms with Gasteiger partial charge in [-0.3, -0.25) is 9.78 Å². The number of sulfonamides is 1. The van der Waals surface area contributed by atoms with E-state index in [9.17, 15) is 13.2 Å². The van der Waals surface area contributed by atoms with Crippen molar-refractivity contribution < 1.29 is 13.2 Å². The SMILES string of the molecule is CC(C)S(=O)(=O)NC[C@H]1CCCN(C(=O)c2cccnc2)C1. The van der Waals surface area contributed by atoms with E-state index in [2.05, 4.69) is 9.71 Å². The fourth-order valence-electron chi connectivity index (χ4n) is 2.49. The highest BCUT2D eigenvalue weighted by atomic mass is 32.2. The molecule has 1 N–H and O–H groups in total. The Morgan fingerprint density at radius 3 is 2.91 bits per heavy atom. The molecule has 122 valence electrons. The molecule has 0 radical (unpaired) electrons. The second-order valence-corrected chi connectivity index (χ2v) is 8.26. The second kappa shape index (κ2) is 7.19. The minimum Gasteiger partial charge on any atom is -0.338 e. The highest BCUT2D eigenvalue weighted by Gasteiger charge is 2.26. The van der Waals surface area contributed by atoms with E-state index in [0.29, 0.717) is 25.2 Å². The van der Waals surface area contributed by atoms with Crippen molar-refractivity contribution in [2.24, 2.45) is 5.92 Å². The van der Waals surface area contributed by atoms with Gasteiger partial charge in [0.15, 0.2) is 0 Å². The third-order valence-electron chi connectivity index (χ3n) is 3.91. The van der Waals surface area contributed by atoms with Crippen LogP contribution in [-0.2, 0) is 10.0 Å². The van der Waals surface area contributed by atoms with E-state index < -0.39 is 15.3 Å². The highest BCUT2D eigenvalue weighted by Crippen LogP contribution is 2.18. The lowest BCUT2D eigenvalue weighted by Crippen LogP contribution is -2.44. The van der Waals surface area contributed by atoms with E-state index in [0.717, 1.165) is 12.8 Å². The topological polar surface area (TPSA) is 79.4 Å². The lowest BCUT2D eigenvalue weighted by molar-refractivity contribution is 0.0676. The lowest BCUT2D eigenvalue weighted by Gasteiger charge is -2.33. The predicted octanol–water partition coefficient (Wildman–Crippen LogP) is 1.26. The smallest absolute Gasteiger partial charge is 0.255 e. The maximum Gasteiger partial charge on any atom is 0.255 e. The molecule has 1 saturated heterocycles. The molecule has 22 heavy (non-hydrogen) atoms. The molecule has 1 amide bonds. The van der Waals surface area contributed by atoms with E-state index in [-0.39, 0.29) is 11.8 Å². The van der Waals surface area contributed by atoms with Crippen LogP contribution in [0, 0.1) is 5.92 Å². The predicted molar refractivity (Wildman–Crippen MR) is 84.9 cm³/mol. The number of hydrogen-bond acceptors (Lipinski definition) is 4. The van der Waals surface area contributed by atoms with Crippen LogP contribution in [0.1, 0.15) is 37.0 Å². The van der Waals surface area contributed by atoms with E-state index in [1.165, 1.54) is 0 Å². The number of hydrogen-bond donors (Lipinski definition) is 1.